The Morgan fingerprint density at radius 3 is 2.13 bits per heavy atom. The van der Waals surface area contributed by atoms with Crippen molar-refractivity contribution in [3.8, 4) is 22.8 Å². The lowest BCUT2D eigenvalue weighted by molar-refractivity contribution is 0.592. The lowest BCUT2D eigenvalue weighted by Crippen LogP contribution is -2.33. The number of hydrogen-bond acceptors (Lipinski definition) is 2. The molecule has 216 valence electrons. The number of aromatic nitrogens is 3. The molecule has 46 heavy (non-hydrogen) atoms. The maximum absolute atomic E-state index is 16.0. The van der Waals surface area contributed by atoms with Crippen LogP contribution >= 0.6 is 7.14 Å². The molecule has 0 amide bonds. The Labute approximate surface area is 265 Å². The van der Waals surface area contributed by atoms with Gasteiger partial charge in [0, 0.05) is 37.9 Å². The maximum atomic E-state index is 16.0. The molecule has 1 atom stereocenters. The van der Waals surface area contributed by atoms with Crippen LogP contribution in [0.25, 0.3) is 66.4 Å². The molecule has 7 aromatic carbocycles. The minimum Gasteiger partial charge on any atom is -0.309 e. The predicted molar refractivity (Wildman–Crippen MR) is 191 cm³/mol. The Hall–Kier alpha value is -5.70. The highest BCUT2D eigenvalue weighted by molar-refractivity contribution is 7.86. The van der Waals surface area contributed by atoms with Crippen LogP contribution in [0.3, 0.4) is 0 Å². The Balaban J connectivity index is 1.34. The van der Waals surface area contributed by atoms with Gasteiger partial charge in [0.15, 0.2) is 7.14 Å². The summed E-state index contributed by atoms with van der Waals surface area (Å²) in [5.74, 6) is 0.847. The van der Waals surface area contributed by atoms with Gasteiger partial charge in [-0.2, -0.15) is 0 Å². The van der Waals surface area contributed by atoms with Crippen LogP contribution in [0.2, 0.25) is 0 Å². The zero-order chi connectivity index (χ0) is 30.4. The first kappa shape index (κ1) is 25.6. The molecule has 0 N–H and O–H groups in total. The fraction of sp³-hybridized carbons (Fsp3) is 0. The van der Waals surface area contributed by atoms with Crippen molar-refractivity contribution in [3.63, 3.8) is 0 Å². The van der Waals surface area contributed by atoms with E-state index in [1.165, 1.54) is 21.5 Å². The van der Waals surface area contributed by atoms with Gasteiger partial charge in [0.05, 0.1) is 27.8 Å². The number of rotatable bonds is 3. The van der Waals surface area contributed by atoms with Crippen molar-refractivity contribution in [1.82, 2.24) is 14.1 Å². The van der Waals surface area contributed by atoms with Gasteiger partial charge in [0.1, 0.15) is 5.82 Å². The molecule has 4 nitrogen and oxygen atoms in total. The van der Waals surface area contributed by atoms with Crippen molar-refractivity contribution in [2.45, 2.75) is 0 Å². The summed E-state index contributed by atoms with van der Waals surface area (Å²) in [6, 6.07) is 54.4. The molecule has 5 heteroatoms. The first-order valence-electron chi connectivity index (χ1n) is 15.5. The maximum Gasteiger partial charge on any atom is 0.175 e. The van der Waals surface area contributed by atoms with E-state index < -0.39 is 7.14 Å². The summed E-state index contributed by atoms with van der Waals surface area (Å²) in [6.07, 6.45) is 0. The van der Waals surface area contributed by atoms with Crippen LogP contribution in [0.4, 0.5) is 0 Å². The number of para-hydroxylation sites is 2. The quantitative estimate of drug-likeness (QED) is 0.188. The molecule has 0 saturated carbocycles. The first-order valence-corrected chi connectivity index (χ1v) is 17.2. The third kappa shape index (κ3) is 3.34. The monoisotopic (exact) mass is 607 g/mol. The summed E-state index contributed by atoms with van der Waals surface area (Å²) in [4.78, 5) is 5.13. The van der Waals surface area contributed by atoms with Crippen LogP contribution in [0.1, 0.15) is 0 Å². The highest BCUT2D eigenvalue weighted by Crippen LogP contribution is 2.50. The number of benzene rings is 7. The molecule has 2 aromatic heterocycles. The van der Waals surface area contributed by atoms with Gasteiger partial charge in [-0.3, -0.25) is 4.57 Å². The smallest absolute Gasteiger partial charge is 0.175 e. The fourth-order valence-corrected chi connectivity index (χ4v) is 10.6. The van der Waals surface area contributed by atoms with Crippen molar-refractivity contribution in [2.75, 3.05) is 0 Å². The molecule has 1 aliphatic rings. The summed E-state index contributed by atoms with van der Waals surface area (Å²) in [7, 11) is -3.31. The van der Waals surface area contributed by atoms with E-state index in [0.717, 1.165) is 60.7 Å². The summed E-state index contributed by atoms with van der Waals surface area (Å²) >= 11 is 0. The van der Waals surface area contributed by atoms with Crippen molar-refractivity contribution >= 4 is 66.7 Å². The largest absolute Gasteiger partial charge is 0.309 e. The summed E-state index contributed by atoms with van der Waals surface area (Å²) in [6.45, 7) is 0. The van der Waals surface area contributed by atoms with Gasteiger partial charge in [0.2, 0.25) is 0 Å². The van der Waals surface area contributed by atoms with Gasteiger partial charge in [-0.05, 0) is 53.2 Å². The van der Waals surface area contributed by atoms with Crippen molar-refractivity contribution in [2.24, 2.45) is 0 Å². The zero-order valence-corrected chi connectivity index (χ0v) is 25.6. The molecule has 0 radical (unpaired) electrons. The number of fused-ring (bicyclic) bond motifs is 7. The predicted octanol–water partition coefficient (Wildman–Crippen LogP) is 8.90. The molecule has 1 unspecified atom stereocenters. The third-order valence-corrected chi connectivity index (χ3v) is 12.6. The van der Waals surface area contributed by atoms with E-state index in [4.69, 9.17) is 4.98 Å². The number of imidazole rings is 1. The Morgan fingerprint density at radius 1 is 0.543 bits per heavy atom. The van der Waals surface area contributed by atoms with Gasteiger partial charge in [-0.1, -0.05) is 115 Å². The van der Waals surface area contributed by atoms with Crippen molar-refractivity contribution in [1.29, 1.82) is 0 Å². The number of nitrogens with zero attached hydrogens (tertiary/aromatic N) is 3. The molecule has 10 rings (SSSR count). The lowest BCUT2D eigenvalue weighted by Gasteiger charge is -2.30. The Morgan fingerprint density at radius 2 is 1.28 bits per heavy atom. The molecule has 9 aromatic rings. The number of hydrogen-bond donors (Lipinski definition) is 0. The molecule has 0 bridgehead atoms. The van der Waals surface area contributed by atoms with Crippen molar-refractivity contribution < 1.29 is 4.57 Å². The van der Waals surface area contributed by atoms with Gasteiger partial charge < -0.3 is 9.13 Å². The van der Waals surface area contributed by atoms with Gasteiger partial charge in [-0.15, -0.1) is 0 Å². The van der Waals surface area contributed by atoms with Crippen LogP contribution in [0, 0.1) is 0 Å². The molecule has 3 heterocycles. The van der Waals surface area contributed by atoms with Crippen LogP contribution in [0.15, 0.2) is 158 Å². The van der Waals surface area contributed by atoms with E-state index in [1.54, 1.807) is 0 Å². The first-order chi connectivity index (χ1) is 22.7. The molecule has 0 aliphatic carbocycles. The average molecular weight is 608 g/mol. The Bertz CT molecular complexity index is 2720. The second kappa shape index (κ2) is 9.40. The van der Waals surface area contributed by atoms with Crippen LogP contribution in [-0.2, 0) is 4.57 Å². The van der Waals surface area contributed by atoms with Crippen LogP contribution in [-0.4, -0.2) is 14.1 Å². The minimum absolute atomic E-state index is 0.818. The Kier molecular flexibility index (Phi) is 5.23. The van der Waals surface area contributed by atoms with E-state index in [9.17, 15) is 0 Å². The molecular formula is C41H26N3OP. The third-order valence-electron chi connectivity index (χ3n) is 9.51. The summed E-state index contributed by atoms with van der Waals surface area (Å²) in [5, 5.41) is 7.33. The second-order valence-electron chi connectivity index (χ2n) is 11.9. The van der Waals surface area contributed by atoms with Crippen LogP contribution in [0.5, 0.6) is 0 Å². The zero-order valence-electron chi connectivity index (χ0n) is 24.7. The van der Waals surface area contributed by atoms with E-state index in [1.807, 2.05) is 66.7 Å². The molecule has 1 aliphatic heterocycles. The van der Waals surface area contributed by atoms with Gasteiger partial charge in [-0.25, -0.2) is 4.98 Å². The van der Waals surface area contributed by atoms with Crippen LogP contribution < -0.4 is 15.9 Å². The molecule has 0 spiro atoms. The van der Waals surface area contributed by atoms with E-state index in [2.05, 4.69) is 100 Å². The molecule has 0 fully saturated rings. The summed E-state index contributed by atoms with van der Waals surface area (Å²) in [5.41, 5.74) is 6.91. The van der Waals surface area contributed by atoms with E-state index >= 15 is 4.57 Å². The standard InChI is InChI=1S/C41H26N3OP/c45-46(30-15-5-2-6-16-30)37-21-11-19-33-40(37)44(41(42-33)28-13-3-1-4-14-28)35-25-23-29(26-38(35)46)43-34-20-10-9-18-32(34)39-31-17-8-7-12-27(31)22-24-36(39)43/h1-26H. The van der Waals surface area contributed by atoms with Crippen molar-refractivity contribution in [3.05, 3.63) is 158 Å². The average Bonchev–Trinajstić information content (AvgIpc) is 3.68. The minimum atomic E-state index is -3.31. The second-order valence-corrected chi connectivity index (χ2v) is 14.6. The highest BCUT2D eigenvalue weighted by Gasteiger charge is 2.40. The fourth-order valence-electron chi connectivity index (χ4n) is 7.53. The highest BCUT2D eigenvalue weighted by atomic mass is 31.2. The van der Waals surface area contributed by atoms with E-state index in [0.29, 0.717) is 0 Å². The topological polar surface area (TPSA) is 39.8 Å². The SMILES string of the molecule is O=P1(c2ccccc2)c2cc(-n3c4ccccc4c4c5ccccc5ccc43)ccc2-n2c(-c3ccccc3)nc3cccc1c32. The molecular weight excluding hydrogens is 581 g/mol. The normalized spacial score (nSPS) is 15.6. The van der Waals surface area contributed by atoms with E-state index in [-0.39, 0.29) is 0 Å². The summed E-state index contributed by atoms with van der Waals surface area (Å²) < 4.78 is 20.5. The van der Waals surface area contributed by atoms with Gasteiger partial charge in [0.25, 0.3) is 0 Å². The molecule has 0 saturated heterocycles. The van der Waals surface area contributed by atoms with Gasteiger partial charge >= 0.3 is 0 Å². The lowest BCUT2D eigenvalue weighted by atomic mass is 10.0.